The number of hydrogen-bond donors (Lipinski definition) is 2. The minimum Gasteiger partial charge on any atom is -0.348 e. The Labute approximate surface area is 127 Å². The summed E-state index contributed by atoms with van der Waals surface area (Å²) in [5.74, 6) is -0.415. The van der Waals surface area contributed by atoms with Crippen molar-refractivity contribution < 1.29 is 20.2 Å². The third-order valence-electron chi connectivity index (χ3n) is 3.61. The lowest BCUT2D eigenvalue weighted by Gasteiger charge is -2.24. The molecule has 0 bridgehead atoms. The molecule has 1 saturated heterocycles. The van der Waals surface area contributed by atoms with Crippen molar-refractivity contribution in [3.63, 3.8) is 0 Å². The molecule has 0 unspecified atom stereocenters. The summed E-state index contributed by atoms with van der Waals surface area (Å²) in [4.78, 5) is 36.0. The second kappa shape index (κ2) is 6.52. The Hall–Kier alpha value is -2.48. The summed E-state index contributed by atoms with van der Waals surface area (Å²) in [5.41, 5.74) is 4.13. The zero-order chi connectivity index (χ0) is 16.3. The van der Waals surface area contributed by atoms with E-state index >= 15 is 0 Å². The first kappa shape index (κ1) is 15.9. The molecule has 0 saturated carbocycles. The van der Waals surface area contributed by atoms with E-state index in [1.54, 1.807) is 11.8 Å². The van der Waals surface area contributed by atoms with E-state index in [4.69, 9.17) is 0 Å². The van der Waals surface area contributed by atoms with Crippen LogP contribution in [-0.2, 0) is 9.59 Å². The fourth-order valence-electron chi connectivity index (χ4n) is 2.48. The van der Waals surface area contributed by atoms with Crippen LogP contribution in [0.15, 0.2) is 24.3 Å². The lowest BCUT2D eigenvalue weighted by atomic mass is 10.2. The van der Waals surface area contributed by atoms with Gasteiger partial charge in [0.25, 0.3) is 11.6 Å². The van der Waals surface area contributed by atoms with Gasteiger partial charge in [0.1, 0.15) is 6.04 Å². The highest BCUT2D eigenvalue weighted by Crippen LogP contribution is 2.21. The van der Waals surface area contributed by atoms with Crippen LogP contribution in [0, 0.1) is 10.1 Å². The molecule has 8 nitrogen and oxygen atoms in total. The molecule has 1 aromatic carbocycles. The van der Waals surface area contributed by atoms with Gasteiger partial charge in [-0.3, -0.25) is 19.7 Å². The smallest absolute Gasteiger partial charge is 0.281 e. The lowest BCUT2D eigenvalue weighted by molar-refractivity contribution is -0.400. The molecule has 1 fully saturated rings. The second-order valence-corrected chi connectivity index (χ2v) is 5.38. The van der Waals surface area contributed by atoms with Gasteiger partial charge in [-0.15, -0.1) is 0 Å². The molecule has 0 spiro atoms. The number of nitrogens with zero attached hydrogens (tertiary/aromatic N) is 2. The molecule has 118 valence electrons. The topological polar surface area (TPSA) is 120 Å². The van der Waals surface area contributed by atoms with Gasteiger partial charge < -0.3 is 16.0 Å². The molecule has 1 aliphatic rings. The first-order chi connectivity index (χ1) is 10.4. The van der Waals surface area contributed by atoms with E-state index in [1.807, 2.05) is 0 Å². The summed E-state index contributed by atoms with van der Waals surface area (Å²) in [6.07, 6.45) is 1.38. The Morgan fingerprint density at radius 2 is 2.05 bits per heavy atom. The number of nitrogens with one attached hydrogen (secondary N) is 1. The van der Waals surface area contributed by atoms with Gasteiger partial charge in [-0.05, 0) is 31.9 Å². The summed E-state index contributed by atoms with van der Waals surface area (Å²) in [6.45, 7) is 2.25. The zero-order valence-corrected chi connectivity index (χ0v) is 12.3. The van der Waals surface area contributed by atoms with Crippen LogP contribution in [0.3, 0.4) is 0 Å². The average Bonchev–Trinajstić information content (AvgIpc) is 2.96. The number of likely N-dealkylation sites (tertiary alicyclic amines) is 1. The third-order valence-corrected chi connectivity index (χ3v) is 3.61. The lowest BCUT2D eigenvalue weighted by Crippen LogP contribution is -2.67. The predicted octanol–water partition coefficient (Wildman–Crippen LogP) is 0.155. The third kappa shape index (κ3) is 3.40. The molecule has 1 heterocycles. The number of nitro groups is 1. The Balaban J connectivity index is 2.05. The minimum atomic E-state index is -0.508. The van der Waals surface area contributed by atoms with Crippen molar-refractivity contribution in [2.24, 2.45) is 0 Å². The van der Waals surface area contributed by atoms with E-state index in [-0.39, 0.29) is 17.5 Å². The van der Waals surface area contributed by atoms with E-state index in [0.717, 1.165) is 6.42 Å². The van der Waals surface area contributed by atoms with Crippen LogP contribution in [0.1, 0.15) is 19.8 Å². The first-order valence-corrected chi connectivity index (χ1v) is 7.09. The number of carbonyl (C=O) groups is 2. The van der Waals surface area contributed by atoms with Gasteiger partial charge >= 0.3 is 0 Å². The molecule has 1 aromatic rings. The van der Waals surface area contributed by atoms with Gasteiger partial charge in [-0.2, -0.15) is 0 Å². The van der Waals surface area contributed by atoms with Gasteiger partial charge in [-0.1, -0.05) is 0 Å². The van der Waals surface area contributed by atoms with Crippen molar-refractivity contribution in [2.45, 2.75) is 31.8 Å². The second-order valence-electron chi connectivity index (χ2n) is 5.38. The largest absolute Gasteiger partial charge is 0.348 e. The summed E-state index contributed by atoms with van der Waals surface area (Å²) >= 11 is 0. The van der Waals surface area contributed by atoms with Gasteiger partial charge in [0.15, 0.2) is 6.04 Å². The van der Waals surface area contributed by atoms with Crippen molar-refractivity contribution >= 4 is 23.2 Å². The van der Waals surface area contributed by atoms with E-state index in [9.17, 15) is 19.7 Å². The van der Waals surface area contributed by atoms with Crippen molar-refractivity contribution in [1.82, 2.24) is 4.90 Å². The van der Waals surface area contributed by atoms with Gasteiger partial charge in [0.05, 0.1) is 4.92 Å². The number of benzene rings is 1. The Kier molecular flexibility index (Phi) is 4.71. The van der Waals surface area contributed by atoms with Crippen LogP contribution < -0.4 is 11.1 Å². The van der Waals surface area contributed by atoms with Crippen molar-refractivity contribution in [1.29, 1.82) is 0 Å². The van der Waals surface area contributed by atoms with Crippen LogP contribution in [0.5, 0.6) is 0 Å². The summed E-state index contributed by atoms with van der Waals surface area (Å²) in [7, 11) is 0. The molecule has 0 aliphatic carbocycles. The monoisotopic (exact) mass is 307 g/mol. The summed E-state index contributed by atoms with van der Waals surface area (Å²) < 4.78 is 0. The number of anilines is 1. The Bertz CT molecular complexity index is 585. The fourth-order valence-corrected chi connectivity index (χ4v) is 2.48. The molecule has 0 aromatic heterocycles. The maximum absolute atomic E-state index is 12.3. The Morgan fingerprint density at radius 3 is 2.59 bits per heavy atom. The molecule has 2 rings (SSSR count). The van der Waals surface area contributed by atoms with Crippen molar-refractivity contribution in [3.05, 3.63) is 34.4 Å². The van der Waals surface area contributed by atoms with E-state index in [2.05, 4.69) is 11.1 Å². The number of amides is 2. The highest BCUT2D eigenvalue weighted by molar-refractivity contribution is 5.98. The quantitative estimate of drug-likeness (QED) is 0.607. The molecule has 4 N–H and O–H groups in total. The number of rotatable bonds is 4. The summed E-state index contributed by atoms with van der Waals surface area (Å²) in [6, 6.07) is 4.69. The number of hydrogen-bond acceptors (Lipinski definition) is 4. The number of quaternary nitrogens is 1. The van der Waals surface area contributed by atoms with Gasteiger partial charge in [-0.25, -0.2) is 0 Å². The molecule has 22 heavy (non-hydrogen) atoms. The van der Waals surface area contributed by atoms with Crippen LogP contribution in [0.4, 0.5) is 11.4 Å². The molecular weight excluding hydrogens is 288 g/mol. The normalized spacial score (nSPS) is 18.8. The van der Waals surface area contributed by atoms with Crippen LogP contribution in [-0.4, -0.2) is 40.3 Å². The highest BCUT2D eigenvalue weighted by Gasteiger charge is 2.36. The maximum atomic E-state index is 12.3. The number of carbonyl (C=O) groups excluding carboxylic acids is 2. The van der Waals surface area contributed by atoms with Crippen molar-refractivity contribution in [3.8, 4) is 0 Å². The maximum Gasteiger partial charge on any atom is 0.281 e. The average molecular weight is 307 g/mol. The van der Waals surface area contributed by atoms with Gasteiger partial charge in [0.2, 0.25) is 5.91 Å². The summed E-state index contributed by atoms with van der Waals surface area (Å²) in [5, 5.41) is 13.3. The minimum absolute atomic E-state index is 0.0402. The van der Waals surface area contributed by atoms with Gasteiger partial charge in [0, 0.05) is 24.4 Å². The fraction of sp³-hybridized carbons (Fsp3) is 0.429. The molecule has 1 aliphatic heterocycles. The Morgan fingerprint density at radius 1 is 1.41 bits per heavy atom. The zero-order valence-electron chi connectivity index (χ0n) is 12.3. The molecular formula is C14H19N4O4+. The molecule has 8 heteroatoms. The van der Waals surface area contributed by atoms with Crippen LogP contribution in [0.25, 0.3) is 0 Å². The van der Waals surface area contributed by atoms with Crippen LogP contribution in [0.2, 0.25) is 0 Å². The van der Waals surface area contributed by atoms with E-state index < -0.39 is 17.0 Å². The standard InChI is InChI=1S/C14H18N4O4/c1-9(15)14(20)17-8-2-3-12(17)13(19)16-10-4-6-11(7-5-10)18(21)22/h4-7,9,12H,2-3,8,15H2,1H3,(H,16,19)/p+1/t9-,12-/m0/s1. The van der Waals surface area contributed by atoms with E-state index in [0.29, 0.717) is 18.7 Å². The number of non-ortho nitro benzene ring substituents is 1. The SMILES string of the molecule is C[C@H]([NH3+])C(=O)N1CCC[C@H]1C(=O)Nc1ccc([N+](=O)[O-])cc1. The number of nitro benzene ring substituents is 1. The van der Waals surface area contributed by atoms with Crippen LogP contribution >= 0.6 is 0 Å². The predicted molar refractivity (Wildman–Crippen MR) is 78.8 cm³/mol. The van der Waals surface area contributed by atoms with Crippen molar-refractivity contribution in [2.75, 3.05) is 11.9 Å². The molecule has 2 atom stereocenters. The highest BCUT2D eigenvalue weighted by atomic mass is 16.6. The molecule has 2 amide bonds. The first-order valence-electron chi connectivity index (χ1n) is 7.09. The van der Waals surface area contributed by atoms with E-state index in [1.165, 1.54) is 24.3 Å². The molecule has 0 radical (unpaired) electrons.